The molecule has 0 spiro atoms. The maximum atomic E-state index is 11.5. The van der Waals surface area contributed by atoms with E-state index >= 15 is 0 Å². The van der Waals surface area contributed by atoms with E-state index in [0.29, 0.717) is 6.42 Å². The number of esters is 2. The van der Waals surface area contributed by atoms with Crippen LogP contribution in [0.4, 0.5) is 0 Å². The molecule has 0 unspecified atom stereocenters. The molecule has 0 rings (SSSR count). The van der Waals surface area contributed by atoms with Gasteiger partial charge in [-0.15, -0.1) is 0 Å². The highest BCUT2D eigenvalue weighted by Gasteiger charge is 2.26. The van der Waals surface area contributed by atoms with Gasteiger partial charge in [-0.2, -0.15) is 0 Å². The summed E-state index contributed by atoms with van der Waals surface area (Å²) in [5.41, 5.74) is 1.24. The van der Waals surface area contributed by atoms with Crippen molar-refractivity contribution in [2.75, 3.05) is 14.2 Å². The Kier molecular flexibility index (Phi) is 10.4. The number of allylic oxidation sites excluding steroid dienone is 4. The van der Waals surface area contributed by atoms with E-state index in [0.717, 1.165) is 25.7 Å². The van der Waals surface area contributed by atoms with Crippen LogP contribution in [0, 0.1) is 5.92 Å². The van der Waals surface area contributed by atoms with E-state index in [9.17, 15) is 9.59 Å². The van der Waals surface area contributed by atoms with Gasteiger partial charge in [0.2, 0.25) is 0 Å². The highest BCUT2D eigenvalue weighted by atomic mass is 16.5. The molecule has 0 aliphatic rings. The van der Waals surface area contributed by atoms with Crippen molar-refractivity contribution in [3.05, 3.63) is 23.8 Å². The van der Waals surface area contributed by atoms with Gasteiger partial charge in [0.1, 0.15) is 0 Å². The molecule has 0 fully saturated rings. The molecular weight excluding hydrogens is 256 g/mol. The largest absolute Gasteiger partial charge is 0.468 e. The summed E-state index contributed by atoms with van der Waals surface area (Å²) in [5.74, 6) is -2.00. The monoisotopic (exact) mass is 282 g/mol. The quantitative estimate of drug-likeness (QED) is 0.369. The van der Waals surface area contributed by atoms with Crippen LogP contribution in [-0.2, 0) is 19.1 Å². The first-order chi connectivity index (χ1) is 9.60. The fourth-order valence-corrected chi connectivity index (χ4v) is 1.80. The first-order valence-electron chi connectivity index (χ1n) is 7.11. The van der Waals surface area contributed by atoms with E-state index < -0.39 is 17.9 Å². The summed E-state index contributed by atoms with van der Waals surface area (Å²) in [6, 6.07) is 0. The van der Waals surface area contributed by atoms with Crippen LogP contribution in [-0.4, -0.2) is 26.2 Å². The van der Waals surface area contributed by atoms with Gasteiger partial charge in [0.25, 0.3) is 0 Å². The molecule has 0 radical (unpaired) electrons. The first kappa shape index (κ1) is 18.4. The average molecular weight is 282 g/mol. The van der Waals surface area contributed by atoms with E-state index in [1.165, 1.54) is 19.8 Å². The molecule has 0 aromatic rings. The Morgan fingerprint density at radius 3 is 2.10 bits per heavy atom. The van der Waals surface area contributed by atoms with Gasteiger partial charge in [-0.3, -0.25) is 9.59 Å². The summed E-state index contributed by atoms with van der Waals surface area (Å²) in [4.78, 5) is 23.0. The predicted octanol–water partition coefficient (Wildman–Crippen LogP) is 3.42. The Labute approximate surface area is 121 Å². The van der Waals surface area contributed by atoms with Crippen molar-refractivity contribution in [3.63, 3.8) is 0 Å². The van der Waals surface area contributed by atoms with E-state index in [-0.39, 0.29) is 0 Å². The normalized spacial score (nSPS) is 11.9. The van der Waals surface area contributed by atoms with Crippen LogP contribution >= 0.6 is 0 Å². The molecular formula is C16H26O4. The average Bonchev–Trinajstić information content (AvgIpc) is 2.47. The highest BCUT2D eigenvalue weighted by Crippen LogP contribution is 2.13. The van der Waals surface area contributed by atoms with Crippen LogP contribution in [0.5, 0.6) is 0 Å². The number of carbonyl (C=O) groups excluding carboxylic acids is 2. The summed E-state index contributed by atoms with van der Waals surface area (Å²) in [6.07, 6.45) is 10.5. The standard InChI is InChI=1S/C16H26O4/c1-5-7-10-13(9-6-2)11-8-12-14(15(17)19-3)16(18)20-4/h8,10-11,14H,5-7,9,12H2,1-4H3/b11-8+,13-10+. The number of ether oxygens (including phenoxy) is 2. The third-order valence-electron chi connectivity index (χ3n) is 2.91. The summed E-state index contributed by atoms with van der Waals surface area (Å²) in [5, 5.41) is 0. The molecule has 114 valence electrons. The molecule has 0 aromatic heterocycles. The third kappa shape index (κ3) is 7.12. The molecule has 4 heteroatoms. The molecule has 0 aliphatic heterocycles. The zero-order valence-corrected chi connectivity index (χ0v) is 13.0. The van der Waals surface area contributed by atoms with Crippen LogP contribution < -0.4 is 0 Å². The lowest BCUT2D eigenvalue weighted by Gasteiger charge is -2.10. The molecule has 0 N–H and O–H groups in total. The minimum atomic E-state index is -0.879. The smallest absolute Gasteiger partial charge is 0.320 e. The summed E-state index contributed by atoms with van der Waals surface area (Å²) in [6.45, 7) is 4.26. The van der Waals surface area contributed by atoms with E-state index in [2.05, 4.69) is 29.4 Å². The van der Waals surface area contributed by atoms with Crippen molar-refractivity contribution < 1.29 is 19.1 Å². The molecule has 0 saturated carbocycles. The van der Waals surface area contributed by atoms with E-state index in [1.807, 2.05) is 12.2 Å². The maximum Gasteiger partial charge on any atom is 0.320 e. The van der Waals surface area contributed by atoms with E-state index in [1.54, 1.807) is 0 Å². The molecule has 0 aromatic carbocycles. The Bertz CT molecular complexity index is 339. The third-order valence-corrected chi connectivity index (χ3v) is 2.91. The van der Waals surface area contributed by atoms with E-state index in [4.69, 9.17) is 0 Å². The van der Waals surface area contributed by atoms with Crippen LogP contribution in [0.2, 0.25) is 0 Å². The SMILES string of the molecule is CCC/C=C(/C=C/CC(C(=O)OC)C(=O)OC)CCC. The second kappa shape index (κ2) is 11.3. The topological polar surface area (TPSA) is 52.6 Å². The van der Waals surface area contributed by atoms with Crippen molar-refractivity contribution >= 4 is 11.9 Å². The molecule has 0 bridgehead atoms. The van der Waals surface area contributed by atoms with Gasteiger partial charge < -0.3 is 9.47 Å². The van der Waals surface area contributed by atoms with Gasteiger partial charge in [0, 0.05) is 0 Å². The highest BCUT2D eigenvalue weighted by molar-refractivity contribution is 5.94. The zero-order chi connectivity index (χ0) is 15.4. The van der Waals surface area contributed by atoms with Crippen molar-refractivity contribution in [3.8, 4) is 0 Å². The van der Waals surface area contributed by atoms with Crippen molar-refractivity contribution in [2.24, 2.45) is 5.92 Å². The minimum Gasteiger partial charge on any atom is -0.468 e. The van der Waals surface area contributed by atoms with Crippen LogP contribution in [0.3, 0.4) is 0 Å². The number of unbranched alkanes of at least 4 members (excludes halogenated alkanes) is 1. The fourth-order valence-electron chi connectivity index (χ4n) is 1.80. The Morgan fingerprint density at radius 1 is 1.05 bits per heavy atom. The number of rotatable bonds is 9. The summed E-state index contributed by atoms with van der Waals surface area (Å²) >= 11 is 0. The molecule has 0 saturated heterocycles. The van der Waals surface area contributed by atoms with Crippen molar-refractivity contribution in [1.29, 1.82) is 0 Å². The summed E-state index contributed by atoms with van der Waals surface area (Å²) in [7, 11) is 2.54. The molecule has 0 amide bonds. The zero-order valence-electron chi connectivity index (χ0n) is 13.0. The number of hydrogen-bond donors (Lipinski definition) is 0. The molecule has 4 nitrogen and oxygen atoms in total. The van der Waals surface area contributed by atoms with Gasteiger partial charge in [-0.1, -0.05) is 50.5 Å². The molecule has 0 heterocycles. The first-order valence-corrected chi connectivity index (χ1v) is 7.11. The number of carbonyl (C=O) groups is 2. The fraction of sp³-hybridized carbons (Fsp3) is 0.625. The van der Waals surface area contributed by atoms with Gasteiger partial charge in [-0.25, -0.2) is 0 Å². The second-order valence-corrected chi connectivity index (χ2v) is 4.55. The van der Waals surface area contributed by atoms with Crippen molar-refractivity contribution in [1.82, 2.24) is 0 Å². The van der Waals surface area contributed by atoms with Gasteiger partial charge in [-0.05, 0) is 19.3 Å². The Hall–Kier alpha value is -1.58. The number of hydrogen-bond acceptors (Lipinski definition) is 4. The summed E-state index contributed by atoms with van der Waals surface area (Å²) < 4.78 is 9.23. The molecule has 0 aliphatic carbocycles. The van der Waals surface area contributed by atoms with Crippen LogP contribution in [0.1, 0.15) is 46.0 Å². The maximum absolute atomic E-state index is 11.5. The van der Waals surface area contributed by atoms with Crippen molar-refractivity contribution in [2.45, 2.75) is 46.0 Å². The van der Waals surface area contributed by atoms with Crippen LogP contribution in [0.25, 0.3) is 0 Å². The minimum absolute atomic E-state index is 0.298. The number of methoxy groups -OCH3 is 2. The van der Waals surface area contributed by atoms with Gasteiger partial charge in [0.05, 0.1) is 14.2 Å². The molecule has 20 heavy (non-hydrogen) atoms. The van der Waals surface area contributed by atoms with Crippen LogP contribution in [0.15, 0.2) is 23.8 Å². The predicted molar refractivity (Wildman–Crippen MR) is 79.2 cm³/mol. The second-order valence-electron chi connectivity index (χ2n) is 4.55. The lowest BCUT2D eigenvalue weighted by molar-refractivity contribution is -0.158. The lowest BCUT2D eigenvalue weighted by Crippen LogP contribution is -2.25. The Balaban J connectivity index is 4.68. The Morgan fingerprint density at radius 2 is 1.65 bits per heavy atom. The van der Waals surface area contributed by atoms with Gasteiger partial charge in [0.15, 0.2) is 5.92 Å². The molecule has 0 atom stereocenters. The van der Waals surface area contributed by atoms with Gasteiger partial charge >= 0.3 is 11.9 Å². The lowest BCUT2D eigenvalue weighted by atomic mass is 10.0.